The Kier molecular flexibility index (Phi) is 10.6. The molecule has 3 rings (SSSR count). The molecule has 0 heterocycles. The summed E-state index contributed by atoms with van der Waals surface area (Å²) in [5, 5.41) is 2.97. The summed E-state index contributed by atoms with van der Waals surface area (Å²) in [5.41, 5.74) is 1.46. The van der Waals surface area contributed by atoms with Crippen LogP contribution in [0.3, 0.4) is 0 Å². The lowest BCUT2D eigenvalue weighted by Gasteiger charge is -2.34. The highest BCUT2D eigenvalue weighted by Crippen LogP contribution is 2.27. The van der Waals surface area contributed by atoms with Gasteiger partial charge in [-0.3, -0.25) is 13.9 Å². The lowest BCUT2D eigenvalue weighted by Crippen LogP contribution is -2.55. The van der Waals surface area contributed by atoms with Crippen LogP contribution in [0.1, 0.15) is 45.2 Å². The minimum atomic E-state index is -4.14. The molecule has 0 saturated heterocycles. The monoisotopic (exact) mass is 643 g/mol. The van der Waals surface area contributed by atoms with Crippen molar-refractivity contribution in [1.82, 2.24) is 10.2 Å². The van der Waals surface area contributed by atoms with Crippen LogP contribution in [0.5, 0.6) is 5.75 Å². The van der Waals surface area contributed by atoms with Crippen LogP contribution in [0.15, 0.2) is 82.2 Å². The van der Waals surface area contributed by atoms with E-state index >= 15 is 0 Å². The van der Waals surface area contributed by atoms with Gasteiger partial charge in [-0.25, -0.2) is 8.42 Å². The third kappa shape index (κ3) is 8.56. The molecule has 0 fully saturated rings. The summed E-state index contributed by atoms with van der Waals surface area (Å²) in [5.74, 6) is -0.217. The van der Waals surface area contributed by atoms with Gasteiger partial charge in [-0.2, -0.15) is 0 Å². The molecular weight excluding hydrogens is 606 g/mol. The standard InChI is InChI=1S/C31H38BrN3O5S/c1-7-28(30(37)33-31(3,4)5)34(20-23-10-8-13-26(18-23)40-6)29(36)21-35(25-12-9-11-24(32)19-25)41(38,39)27-16-14-22(2)15-17-27/h8-19,28H,7,20-21H2,1-6H3,(H,33,37)/t28-/m1/s1. The van der Waals surface area contributed by atoms with Gasteiger partial charge in [-0.1, -0.05) is 58.7 Å². The third-order valence-corrected chi connectivity index (χ3v) is 8.64. The normalized spacial score (nSPS) is 12.4. The van der Waals surface area contributed by atoms with Crippen molar-refractivity contribution in [2.75, 3.05) is 18.0 Å². The van der Waals surface area contributed by atoms with Crippen molar-refractivity contribution in [3.63, 3.8) is 0 Å². The zero-order valence-corrected chi connectivity index (χ0v) is 26.8. The van der Waals surface area contributed by atoms with Crippen LogP contribution >= 0.6 is 15.9 Å². The molecule has 0 aliphatic heterocycles. The van der Waals surface area contributed by atoms with Crippen molar-refractivity contribution < 1.29 is 22.7 Å². The third-order valence-electron chi connectivity index (χ3n) is 6.36. The first-order valence-corrected chi connectivity index (χ1v) is 15.6. The van der Waals surface area contributed by atoms with Gasteiger partial charge in [0.25, 0.3) is 10.0 Å². The van der Waals surface area contributed by atoms with E-state index in [0.717, 1.165) is 15.4 Å². The number of methoxy groups -OCH3 is 1. The minimum absolute atomic E-state index is 0.0627. The Morgan fingerprint density at radius 2 is 1.66 bits per heavy atom. The molecule has 220 valence electrons. The minimum Gasteiger partial charge on any atom is -0.497 e. The lowest BCUT2D eigenvalue weighted by molar-refractivity contribution is -0.141. The van der Waals surface area contributed by atoms with Gasteiger partial charge in [0.15, 0.2) is 0 Å². The van der Waals surface area contributed by atoms with Crippen LogP contribution in [-0.4, -0.2) is 50.4 Å². The number of nitrogens with one attached hydrogen (secondary N) is 1. The predicted octanol–water partition coefficient (Wildman–Crippen LogP) is 5.68. The molecule has 0 aliphatic rings. The first-order valence-electron chi connectivity index (χ1n) is 13.3. The molecule has 3 aromatic carbocycles. The fourth-order valence-corrected chi connectivity index (χ4v) is 6.13. The number of benzene rings is 3. The molecule has 10 heteroatoms. The zero-order chi connectivity index (χ0) is 30.4. The Balaban J connectivity index is 2.08. The summed E-state index contributed by atoms with van der Waals surface area (Å²) < 4.78 is 35.0. The number of carbonyl (C=O) groups excluding carboxylic acids is 2. The van der Waals surface area contributed by atoms with E-state index in [4.69, 9.17) is 4.74 Å². The average Bonchev–Trinajstić information content (AvgIpc) is 2.90. The number of rotatable bonds is 11. The Bertz CT molecular complexity index is 1470. The second kappa shape index (κ2) is 13.5. The van der Waals surface area contributed by atoms with Crippen molar-refractivity contribution in [3.05, 3.63) is 88.4 Å². The van der Waals surface area contributed by atoms with Crippen molar-refractivity contribution in [2.45, 2.75) is 64.1 Å². The molecule has 2 amide bonds. The van der Waals surface area contributed by atoms with Crippen LogP contribution in [0.25, 0.3) is 0 Å². The fraction of sp³-hybridized carbons (Fsp3) is 0.355. The zero-order valence-electron chi connectivity index (χ0n) is 24.3. The van der Waals surface area contributed by atoms with E-state index in [2.05, 4.69) is 21.2 Å². The first-order chi connectivity index (χ1) is 19.2. The summed E-state index contributed by atoms with van der Waals surface area (Å²) in [7, 11) is -2.58. The van der Waals surface area contributed by atoms with Crippen LogP contribution in [0.4, 0.5) is 5.69 Å². The fourth-order valence-electron chi connectivity index (χ4n) is 4.34. The van der Waals surface area contributed by atoms with Gasteiger partial charge in [0.2, 0.25) is 11.8 Å². The molecular formula is C31H38BrN3O5S. The van der Waals surface area contributed by atoms with Gasteiger partial charge < -0.3 is 15.0 Å². The topological polar surface area (TPSA) is 96.0 Å². The number of nitrogens with zero attached hydrogens (tertiary/aromatic N) is 2. The quantitative estimate of drug-likeness (QED) is 0.290. The number of aryl methyl sites for hydroxylation is 1. The molecule has 41 heavy (non-hydrogen) atoms. The summed E-state index contributed by atoms with van der Waals surface area (Å²) in [6.07, 6.45) is 0.333. The molecule has 0 saturated carbocycles. The Hall–Kier alpha value is -3.37. The predicted molar refractivity (Wildman–Crippen MR) is 165 cm³/mol. The smallest absolute Gasteiger partial charge is 0.264 e. The van der Waals surface area contributed by atoms with Crippen molar-refractivity contribution in [3.8, 4) is 5.75 Å². The Morgan fingerprint density at radius 3 is 2.24 bits per heavy atom. The highest BCUT2D eigenvalue weighted by molar-refractivity contribution is 9.10. The van der Waals surface area contributed by atoms with Crippen LogP contribution in [-0.2, 0) is 26.2 Å². The molecule has 0 unspecified atom stereocenters. The number of ether oxygens (including phenoxy) is 1. The Morgan fingerprint density at radius 1 is 1.00 bits per heavy atom. The molecule has 1 atom stereocenters. The van der Waals surface area contributed by atoms with Crippen LogP contribution in [0.2, 0.25) is 0 Å². The highest BCUT2D eigenvalue weighted by atomic mass is 79.9. The molecule has 3 aromatic rings. The molecule has 1 N–H and O–H groups in total. The van der Waals surface area contributed by atoms with E-state index < -0.39 is 34.1 Å². The number of carbonyl (C=O) groups is 2. The average molecular weight is 645 g/mol. The number of anilines is 1. The molecule has 0 aliphatic carbocycles. The second-order valence-electron chi connectivity index (χ2n) is 10.8. The molecule has 0 radical (unpaired) electrons. The highest BCUT2D eigenvalue weighted by Gasteiger charge is 2.34. The van der Waals surface area contributed by atoms with Crippen molar-refractivity contribution in [1.29, 1.82) is 0 Å². The summed E-state index contributed by atoms with van der Waals surface area (Å²) in [6.45, 7) is 8.89. The van der Waals surface area contributed by atoms with Gasteiger partial charge in [0.1, 0.15) is 18.3 Å². The van der Waals surface area contributed by atoms with Crippen LogP contribution in [0, 0.1) is 6.92 Å². The summed E-state index contributed by atoms with van der Waals surface area (Å²) in [4.78, 5) is 29.1. The van der Waals surface area contributed by atoms with E-state index in [-0.39, 0.29) is 17.3 Å². The molecule has 0 bridgehead atoms. The van der Waals surface area contributed by atoms with Gasteiger partial charge in [-0.05, 0) is 82.1 Å². The largest absolute Gasteiger partial charge is 0.497 e. The molecule has 0 spiro atoms. The number of hydrogen-bond donors (Lipinski definition) is 1. The van der Waals surface area contributed by atoms with E-state index in [0.29, 0.717) is 22.3 Å². The maximum absolute atomic E-state index is 14.2. The second-order valence-corrected chi connectivity index (χ2v) is 13.6. The van der Waals surface area contributed by atoms with E-state index in [9.17, 15) is 18.0 Å². The SMILES string of the molecule is CC[C@H](C(=O)NC(C)(C)C)N(Cc1cccc(OC)c1)C(=O)CN(c1cccc(Br)c1)S(=O)(=O)c1ccc(C)cc1. The maximum Gasteiger partial charge on any atom is 0.264 e. The van der Waals surface area contributed by atoms with Gasteiger partial charge in [0, 0.05) is 16.6 Å². The van der Waals surface area contributed by atoms with E-state index in [1.165, 1.54) is 17.0 Å². The van der Waals surface area contributed by atoms with Crippen molar-refractivity contribution in [2.24, 2.45) is 0 Å². The number of sulfonamides is 1. The number of amides is 2. The Labute approximate surface area is 251 Å². The summed E-state index contributed by atoms with van der Waals surface area (Å²) >= 11 is 3.42. The van der Waals surface area contributed by atoms with Crippen molar-refractivity contribution >= 4 is 43.5 Å². The van der Waals surface area contributed by atoms with Crippen LogP contribution < -0.4 is 14.4 Å². The lowest BCUT2D eigenvalue weighted by atomic mass is 10.1. The molecule has 8 nitrogen and oxygen atoms in total. The van der Waals surface area contributed by atoms with Gasteiger partial charge in [0.05, 0.1) is 17.7 Å². The van der Waals surface area contributed by atoms with E-state index in [1.807, 2.05) is 46.8 Å². The summed E-state index contributed by atoms with van der Waals surface area (Å²) in [6, 6.07) is 19.7. The maximum atomic E-state index is 14.2. The number of hydrogen-bond acceptors (Lipinski definition) is 5. The van der Waals surface area contributed by atoms with Gasteiger partial charge >= 0.3 is 0 Å². The van der Waals surface area contributed by atoms with E-state index in [1.54, 1.807) is 55.6 Å². The first kappa shape index (κ1) is 32.1. The van der Waals surface area contributed by atoms with Gasteiger partial charge in [-0.15, -0.1) is 0 Å². The molecule has 0 aromatic heterocycles. The number of halogens is 1.